The number of hydrogen-bond donors (Lipinski definition) is 3. The van der Waals surface area contributed by atoms with Gasteiger partial charge in [0.05, 0.1) is 0 Å². The van der Waals surface area contributed by atoms with Crippen LogP contribution >= 0.6 is 0 Å². The summed E-state index contributed by atoms with van der Waals surface area (Å²) in [6.07, 6.45) is 2.08. The van der Waals surface area contributed by atoms with E-state index in [2.05, 4.69) is 34.3 Å². The van der Waals surface area contributed by atoms with Crippen LogP contribution in [0.15, 0.2) is 17.2 Å². The summed E-state index contributed by atoms with van der Waals surface area (Å²) >= 11 is 0. The Morgan fingerprint density at radius 2 is 2.33 bits per heavy atom. The number of nitrogens with zero attached hydrogens (tertiary/aromatic N) is 3. The Hall–Kier alpha value is -1.89. The number of aromatic nitrogens is 4. The molecule has 0 aromatic carbocycles. The van der Waals surface area contributed by atoms with Crippen molar-refractivity contribution in [3.05, 3.63) is 22.9 Å². The Morgan fingerprint density at radius 3 is 3.00 bits per heavy atom. The number of rotatable bonds is 5. The van der Waals surface area contributed by atoms with Crippen molar-refractivity contribution in [1.29, 1.82) is 0 Å². The van der Waals surface area contributed by atoms with Crippen LogP contribution in [0, 0.1) is 5.92 Å². The first-order valence-corrected chi connectivity index (χ1v) is 5.92. The molecule has 0 spiro atoms. The molecule has 3 N–H and O–H groups in total. The predicted octanol–water partition coefficient (Wildman–Crippen LogP) is 0.236. The highest BCUT2D eigenvalue weighted by atomic mass is 16.3. The van der Waals surface area contributed by atoms with Crippen LogP contribution in [-0.4, -0.2) is 37.3 Å². The molecule has 0 fully saturated rings. The van der Waals surface area contributed by atoms with Crippen LogP contribution in [0.3, 0.4) is 0 Å². The first kappa shape index (κ1) is 12.6. The molecule has 1 atom stereocenters. The molecule has 7 nitrogen and oxygen atoms in total. The van der Waals surface area contributed by atoms with E-state index in [1.165, 1.54) is 10.7 Å². The average molecular weight is 251 g/mol. The Kier molecular flexibility index (Phi) is 3.61. The van der Waals surface area contributed by atoms with Crippen LogP contribution in [0.4, 0.5) is 5.82 Å². The first-order chi connectivity index (χ1) is 8.61. The van der Waals surface area contributed by atoms with Gasteiger partial charge in [0, 0.05) is 18.7 Å². The second-order valence-electron chi connectivity index (χ2n) is 4.54. The quantitative estimate of drug-likeness (QED) is 0.707. The molecule has 0 saturated carbocycles. The molecule has 1 unspecified atom stereocenters. The zero-order chi connectivity index (χ0) is 13.1. The van der Waals surface area contributed by atoms with Crippen molar-refractivity contribution < 1.29 is 5.11 Å². The number of aromatic amines is 1. The van der Waals surface area contributed by atoms with Crippen LogP contribution in [0.1, 0.15) is 20.3 Å². The molecule has 0 radical (unpaired) electrons. The highest BCUT2D eigenvalue weighted by molar-refractivity contribution is 5.48. The maximum Gasteiger partial charge on any atom is 0.348 e. The molecule has 2 heterocycles. The highest BCUT2D eigenvalue weighted by Gasteiger charge is 2.13. The van der Waals surface area contributed by atoms with Crippen molar-refractivity contribution in [2.24, 2.45) is 5.92 Å². The summed E-state index contributed by atoms with van der Waals surface area (Å²) < 4.78 is 1.33. The number of fused-ring (bicyclic) bond motifs is 1. The van der Waals surface area contributed by atoms with Gasteiger partial charge in [-0.3, -0.25) is 0 Å². The standard InChI is InChI=1S/C11H17N5O2/c1-7(2)8(3-4-17)13-9-5-10-14-15-11(18)16(10)6-12-9/h5-8,13,17H,3-4H2,1-2H3,(H,15,18). The monoisotopic (exact) mass is 251 g/mol. The molecule has 0 amide bonds. The summed E-state index contributed by atoms with van der Waals surface area (Å²) in [6, 6.07) is 1.83. The summed E-state index contributed by atoms with van der Waals surface area (Å²) in [7, 11) is 0. The number of aliphatic hydroxyl groups excluding tert-OH is 1. The maximum atomic E-state index is 11.3. The molecule has 18 heavy (non-hydrogen) atoms. The lowest BCUT2D eigenvalue weighted by Crippen LogP contribution is -2.27. The van der Waals surface area contributed by atoms with Crippen LogP contribution in [0.2, 0.25) is 0 Å². The third-order valence-electron chi connectivity index (χ3n) is 2.89. The molecule has 2 aromatic heterocycles. The van der Waals surface area contributed by atoms with Crippen molar-refractivity contribution in [3.8, 4) is 0 Å². The van der Waals surface area contributed by atoms with E-state index in [-0.39, 0.29) is 18.3 Å². The van der Waals surface area contributed by atoms with Crippen molar-refractivity contribution in [2.75, 3.05) is 11.9 Å². The number of anilines is 1. The molecule has 0 saturated heterocycles. The third kappa shape index (κ3) is 2.51. The molecule has 0 bridgehead atoms. The first-order valence-electron chi connectivity index (χ1n) is 5.92. The van der Waals surface area contributed by atoms with E-state index in [9.17, 15) is 4.79 Å². The maximum absolute atomic E-state index is 11.3. The van der Waals surface area contributed by atoms with E-state index in [1.807, 2.05) is 0 Å². The number of hydrogen-bond acceptors (Lipinski definition) is 5. The smallest absolute Gasteiger partial charge is 0.348 e. The van der Waals surface area contributed by atoms with Crippen molar-refractivity contribution >= 4 is 11.5 Å². The molecule has 98 valence electrons. The SMILES string of the molecule is CC(C)C(CCO)Nc1cc2n[nH]c(=O)n2cn1. The van der Waals surface area contributed by atoms with Gasteiger partial charge in [0.1, 0.15) is 12.1 Å². The highest BCUT2D eigenvalue weighted by Crippen LogP contribution is 2.13. The van der Waals surface area contributed by atoms with Crippen molar-refractivity contribution in [3.63, 3.8) is 0 Å². The fraction of sp³-hybridized carbons (Fsp3) is 0.545. The van der Waals surface area contributed by atoms with E-state index in [0.29, 0.717) is 23.8 Å². The van der Waals surface area contributed by atoms with Gasteiger partial charge in [-0.25, -0.2) is 19.3 Å². The van der Waals surface area contributed by atoms with Gasteiger partial charge >= 0.3 is 5.69 Å². The number of aliphatic hydroxyl groups is 1. The van der Waals surface area contributed by atoms with Gasteiger partial charge in [-0.05, 0) is 12.3 Å². The van der Waals surface area contributed by atoms with E-state index >= 15 is 0 Å². The second kappa shape index (κ2) is 5.18. The Bertz CT molecular complexity index is 574. The predicted molar refractivity (Wildman–Crippen MR) is 67.6 cm³/mol. The lowest BCUT2D eigenvalue weighted by Gasteiger charge is -2.21. The fourth-order valence-corrected chi connectivity index (χ4v) is 1.79. The summed E-state index contributed by atoms with van der Waals surface area (Å²) in [5.74, 6) is 1.02. The van der Waals surface area contributed by atoms with Gasteiger partial charge in [0.15, 0.2) is 5.65 Å². The van der Waals surface area contributed by atoms with Gasteiger partial charge in [-0.2, -0.15) is 5.10 Å². The van der Waals surface area contributed by atoms with Crippen LogP contribution in [0.25, 0.3) is 5.65 Å². The topological polar surface area (TPSA) is 95.3 Å². The van der Waals surface area contributed by atoms with Crippen LogP contribution in [0.5, 0.6) is 0 Å². The average Bonchev–Trinajstić information content (AvgIpc) is 2.70. The zero-order valence-electron chi connectivity index (χ0n) is 10.4. The zero-order valence-corrected chi connectivity index (χ0v) is 10.4. The van der Waals surface area contributed by atoms with Gasteiger partial charge in [0.25, 0.3) is 0 Å². The minimum Gasteiger partial charge on any atom is -0.396 e. The van der Waals surface area contributed by atoms with E-state index in [1.54, 1.807) is 6.07 Å². The van der Waals surface area contributed by atoms with Gasteiger partial charge in [-0.1, -0.05) is 13.8 Å². The van der Waals surface area contributed by atoms with Crippen molar-refractivity contribution in [2.45, 2.75) is 26.3 Å². The minimum absolute atomic E-state index is 0.125. The molecule has 2 rings (SSSR count). The molecule has 2 aromatic rings. The van der Waals surface area contributed by atoms with Gasteiger partial charge < -0.3 is 10.4 Å². The van der Waals surface area contributed by atoms with Crippen LogP contribution < -0.4 is 11.0 Å². The second-order valence-corrected chi connectivity index (χ2v) is 4.54. The lowest BCUT2D eigenvalue weighted by atomic mass is 10.0. The van der Waals surface area contributed by atoms with E-state index in [0.717, 1.165) is 0 Å². The molecule has 7 heteroatoms. The Morgan fingerprint density at radius 1 is 1.56 bits per heavy atom. The Balaban J connectivity index is 2.22. The lowest BCUT2D eigenvalue weighted by molar-refractivity contribution is 0.267. The fourth-order valence-electron chi connectivity index (χ4n) is 1.79. The molecular formula is C11H17N5O2. The third-order valence-corrected chi connectivity index (χ3v) is 2.89. The van der Waals surface area contributed by atoms with E-state index in [4.69, 9.17) is 5.11 Å². The van der Waals surface area contributed by atoms with Crippen LogP contribution in [-0.2, 0) is 0 Å². The minimum atomic E-state index is -0.306. The van der Waals surface area contributed by atoms with Gasteiger partial charge in [-0.15, -0.1) is 0 Å². The normalized spacial score (nSPS) is 13.1. The molecule has 0 aliphatic carbocycles. The van der Waals surface area contributed by atoms with Gasteiger partial charge in [0.2, 0.25) is 0 Å². The largest absolute Gasteiger partial charge is 0.396 e. The molecule has 0 aliphatic heterocycles. The van der Waals surface area contributed by atoms with Crippen molar-refractivity contribution in [1.82, 2.24) is 19.6 Å². The summed E-state index contributed by atoms with van der Waals surface area (Å²) in [6.45, 7) is 4.27. The summed E-state index contributed by atoms with van der Waals surface area (Å²) in [5, 5.41) is 18.5. The Labute approximate surface area is 104 Å². The molecular weight excluding hydrogens is 234 g/mol. The molecule has 0 aliphatic rings. The number of nitrogens with one attached hydrogen (secondary N) is 2. The summed E-state index contributed by atoms with van der Waals surface area (Å²) in [4.78, 5) is 15.4. The summed E-state index contributed by atoms with van der Waals surface area (Å²) in [5.41, 5.74) is 0.212. The van der Waals surface area contributed by atoms with E-state index < -0.39 is 0 Å². The number of H-pyrrole nitrogens is 1.